The van der Waals surface area contributed by atoms with Gasteiger partial charge in [0, 0.05) is 25.7 Å². The number of ether oxygens (including phenoxy) is 4. The van der Waals surface area contributed by atoms with E-state index in [2.05, 4.69) is 48.5 Å². The van der Waals surface area contributed by atoms with Crippen LogP contribution in [0.3, 0.4) is 0 Å². The van der Waals surface area contributed by atoms with Crippen LogP contribution in [0.25, 0.3) is 0 Å². The summed E-state index contributed by atoms with van der Waals surface area (Å²) in [6.07, 6.45) is 34.8. The van der Waals surface area contributed by atoms with Crippen LogP contribution >= 0.6 is 15.6 Å². The Hall–Kier alpha value is -1.94. The largest absolute Gasteiger partial charge is 0.472 e. The third-order valence-corrected chi connectivity index (χ3v) is 17.0. The Kier molecular flexibility index (Phi) is 53.2. The van der Waals surface area contributed by atoms with Crippen molar-refractivity contribution in [3.8, 4) is 0 Å². The standard InChI is InChI=1S/C63H122O17P2/c1-8-11-12-13-14-15-22-30-37-44-60(65)73-51-59(80-63(68)47-40-33-26-25-29-36-43-56(7)10-3)53-78-82(71,72)76-49-57(64)48-75-81(69,70)77-52-58(50-74-61(66)45-38-31-23-18-16-20-27-34-41-54(4)5)79-62(67)46-39-32-24-19-17-21-28-35-42-55(6)9-2/h54-59,64H,8-53H2,1-7H3,(H,69,70)(H,71,72)/t55?,56?,57-,58-,59-/m1/s1. The molecule has 0 aromatic heterocycles. The van der Waals surface area contributed by atoms with Crippen molar-refractivity contribution in [3.63, 3.8) is 0 Å². The fourth-order valence-corrected chi connectivity index (χ4v) is 10.8. The molecule has 0 bridgehead atoms. The molecule has 0 saturated carbocycles. The van der Waals surface area contributed by atoms with Gasteiger partial charge in [-0.1, -0.05) is 254 Å². The molecule has 0 rings (SSSR count). The van der Waals surface area contributed by atoms with Crippen molar-refractivity contribution in [1.29, 1.82) is 0 Å². The molecule has 3 N–H and O–H groups in total. The number of phosphoric ester groups is 2. The van der Waals surface area contributed by atoms with Crippen molar-refractivity contribution >= 4 is 39.5 Å². The minimum atomic E-state index is -4.94. The second-order valence-corrected chi connectivity index (χ2v) is 26.7. The molecule has 17 nitrogen and oxygen atoms in total. The van der Waals surface area contributed by atoms with Crippen molar-refractivity contribution in [2.45, 2.75) is 324 Å². The van der Waals surface area contributed by atoms with Crippen LogP contribution < -0.4 is 0 Å². The summed E-state index contributed by atoms with van der Waals surface area (Å²) < 4.78 is 67.9. The Balaban J connectivity index is 5.26. The van der Waals surface area contributed by atoms with E-state index in [0.717, 1.165) is 108 Å². The van der Waals surface area contributed by atoms with E-state index in [9.17, 15) is 43.2 Å². The molecule has 82 heavy (non-hydrogen) atoms. The van der Waals surface area contributed by atoms with Gasteiger partial charge in [-0.3, -0.25) is 37.3 Å². The number of phosphoric acid groups is 2. The van der Waals surface area contributed by atoms with Crippen molar-refractivity contribution in [1.82, 2.24) is 0 Å². The molecule has 0 heterocycles. The van der Waals surface area contributed by atoms with E-state index in [-0.39, 0.29) is 25.7 Å². The van der Waals surface area contributed by atoms with Gasteiger partial charge in [0.1, 0.15) is 19.3 Å². The Labute approximate surface area is 498 Å². The summed E-state index contributed by atoms with van der Waals surface area (Å²) in [4.78, 5) is 72.1. The van der Waals surface area contributed by atoms with Gasteiger partial charge in [-0.2, -0.15) is 0 Å². The molecule has 0 aliphatic carbocycles. The van der Waals surface area contributed by atoms with Gasteiger partial charge in [0.15, 0.2) is 12.2 Å². The lowest BCUT2D eigenvalue weighted by atomic mass is 9.99. The number of rotatable bonds is 61. The zero-order valence-corrected chi connectivity index (χ0v) is 54.7. The number of unbranched alkanes of at least 4 members (excludes halogenated alkanes) is 27. The maximum absolute atomic E-state index is 13.0. The molecule has 0 aromatic rings. The normalized spacial score (nSPS) is 15.1. The quantitative estimate of drug-likeness (QED) is 0.0222. The van der Waals surface area contributed by atoms with Gasteiger partial charge < -0.3 is 33.8 Å². The topological polar surface area (TPSA) is 237 Å². The monoisotopic (exact) mass is 1210 g/mol. The van der Waals surface area contributed by atoms with E-state index < -0.39 is 97.5 Å². The van der Waals surface area contributed by atoms with Crippen LogP contribution in [-0.2, 0) is 65.4 Å². The number of aliphatic hydroxyl groups is 1. The number of carbonyl (C=O) groups excluding carboxylic acids is 4. The van der Waals surface area contributed by atoms with Gasteiger partial charge in [-0.05, 0) is 43.4 Å². The molecule has 4 unspecified atom stereocenters. The van der Waals surface area contributed by atoms with Gasteiger partial charge in [0.2, 0.25) is 0 Å². The first-order valence-electron chi connectivity index (χ1n) is 32.9. The van der Waals surface area contributed by atoms with Gasteiger partial charge in [0.25, 0.3) is 0 Å². The van der Waals surface area contributed by atoms with Crippen molar-refractivity contribution in [2.24, 2.45) is 17.8 Å². The Bertz CT molecular complexity index is 1630. The van der Waals surface area contributed by atoms with Crippen LogP contribution in [0.15, 0.2) is 0 Å². The number of carbonyl (C=O) groups is 4. The summed E-state index contributed by atoms with van der Waals surface area (Å²) in [6.45, 7) is 11.7. The maximum atomic E-state index is 13.0. The second-order valence-electron chi connectivity index (χ2n) is 23.8. The van der Waals surface area contributed by atoms with E-state index in [4.69, 9.17) is 37.0 Å². The first-order valence-corrected chi connectivity index (χ1v) is 35.9. The predicted molar refractivity (Wildman–Crippen MR) is 326 cm³/mol. The SMILES string of the molecule is CCCCCCCCCCCC(=O)OC[C@H](COP(=O)(O)OC[C@H](O)COP(=O)(O)OC[C@@H](COC(=O)CCCCCCCCCCC(C)C)OC(=O)CCCCCCCCCCC(C)CC)OC(=O)CCCCCCCCC(C)CC. The highest BCUT2D eigenvalue weighted by molar-refractivity contribution is 7.47. The Morgan fingerprint density at radius 3 is 0.927 bits per heavy atom. The molecule has 0 amide bonds. The van der Waals surface area contributed by atoms with Gasteiger partial charge in [-0.25, -0.2) is 9.13 Å². The fourth-order valence-electron chi connectivity index (χ4n) is 9.24. The Morgan fingerprint density at radius 1 is 0.354 bits per heavy atom. The summed E-state index contributed by atoms with van der Waals surface area (Å²) in [5.41, 5.74) is 0. The minimum absolute atomic E-state index is 0.102. The zero-order chi connectivity index (χ0) is 61.0. The number of hydrogen-bond donors (Lipinski definition) is 3. The van der Waals surface area contributed by atoms with Gasteiger partial charge in [-0.15, -0.1) is 0 Å². The smallest absolute Gasteiger partial charge is 0.462 e. The number of esters is 4. The Morgan fingerprint density at radius 2 is 0.622 bits per heavy atom. The van der Waals surface area contributed by atoms with Crippen LogP contribution in [0.5, 0.6) is 0 Å². The average Bonchev–Trinajstić information content (AvgIpc) is 3.46. The molecule has 0 fully saturated rings. The van der Waals surface area contributed by atoms with Crippen molar-refractivity contribution in [2.75, 3.05) is 39.6 Å². The van der Waals surface area contributed by atoms with E-state index in [1.807, 2.05) is 0 Å². The maximum Gasteiger partial charge on any atom is 0.472 e. The van der Waals surface area contributed by atoms with Crippen LogP contribution in [0.2, 0.25) is 0 Å². The lowest BCUT2D eigenvalue weighted by Gasteiger charge is -2.21. The number of hydrogen-bond acceptors (Lipinski definition) is 15. The lowest BCUT2D eigenvalue weighted by Crippen LogP contribution is -2.30. The highest BCUT2D eigenvalue weighted by Crippen LogP contribution is 2.45. The summed E-state index contributed by atoms with van der Waals surface area (Å²) in [7, 11) is -9.89. The first kappa shape index (κ1) is 80.1. The third-order valence-electron chi connectivity index (χ3n) is 15.1. The van der Waals surface area contributed by atoms with Gasteiger partial charge >= 0.3 is 39.5 Å². The molecule has 486 valence electrons. The number of aliphatic hydroxyl groups excluding tert-OH is 1. The molecule has 0 aliphatic heterocycles. The summed E-state index contributed by atoms with van der Waals surface area (Å²) in [5, 5.41) is 10.5. The fraction of sp³-hybridized carbons (Fsp3) is 0.937. The first-order chi connectivity index (χ1) is 39.3. The molecule has 19 heteroatoms. The molecule has 0 spiro atoms. The average molecular weight is 1210 g/mol. The second kappa shape index (κ2) is 54.5. The van der Waals surface area contributed by atoms with Crippen LogP contribution in [-0.4, -0.2) is 96.7 Å². The van der Waals surface area contributed by atoms with Crippen molar-refractivity contribution < 1.29 is 80.2 Å². The van der Waals surface area contributed by atoms with Crippen LogP contribution in [0.1, 0.15) is 305 Å². The summed E-state index contributed by atoms with van der Waals surface area (Å²) in [6, 6.07) is 0. The predicted octanol–water partition coefficient (Wildman–Crippen LogP) is 17.1. The highest BCUT2D eigenvalue weighted by Gasteiger charge is 2.30. The molecule has 0 aliphatic rings. The van der Waals surface area contributed by atoms with E-state index in [1.54, 1.807) is 0 Å². The lowest BCUT2D eigenvalue weighted by molar-refractivity contribution is -0.161. The van der Waals surface area contributed by atoms with E-state index in [0.29, 0.717) is 25.7 Å². The molecule has 0 radical (unpaired) electrons. The minimum Gasteiger partial charge on any atom is -0.462 e. The van der Waals surface area contributed by atoms with Gasteiger partial charge in [0.05, 0.1) is 26.4 Å². The third kappa shape index (κ3) is 54.7. The van der Waals surface area contributed by atoms with Crippen LogP contribution in [0.4, 0.5) is 0 Å². The molecule has 0 saturated heterocycles. The molecule has 0 aromatic carbocycles. The van der Waals surface area contributed by atoms with Crippen molar-refractivity contribution in [3.05, 3.63) is 0 Å². The highest BCUT2D eigenvalue weighted by atomic mass is 31.2. The molecule has 7 atom stereocenters. The van der Waals surface area contributed by atoms with Crippen LogP contribution in [0, 0.1) is 17.8 Å². The van der Waals surface area contributed by atoms with E-state index >= 15 is 0 Å². The summed E-state index contributed by atoms with van der Waals surface area (Å²) >= 11 is 0. The van der Waals surface area contributed by atoms with E-state index in [1.165, 1.54) is 116 Å². The molecular weight excluding hydrogens is 1090 g/mol. The zero-order valence-electron chi connectivity index (χ0n) is 52.9. The molecular formula is C63H122O17P2. The summed E-state index contributed by atoms with van der Waals surface area (Å²) in [5.74, 6) is 0.0743.